The van der Waals surface area contributed by atoms with Crippen LogP contribution in [0.15, 0.2) is 65.1 Å². The summed E-state index contributed by atoms with van der Waals surface area (Å²) in [6, 6.07) is 19.8. The second-order valence-electron chi connectivity index (χ2n) is 5.37. The number of ketones is 1. The van der Waals surface area contributed by atoms with E-state index in [-0.39, 0.29) is 11.7 Å². The van der Waals surface area contributed by atoms with Gasteiger partial charge in [-0.2, -0.15) is 0 Å². The molecule has 98 valence electrons. The van der Waals surface area contributed by atoms with Gasteiger partial charge in [0, 0.05) is 11.3 Å². The fraction of sp³-hybridized carbons (Fsp3) is 0.167. The predicted octanol–water partition coefficient (Wildman–Crippen LogP) is 4.42. The number of benzene rings is 2. The van der Waals surface area contributed by atoms with Crippen LogP contribution >= 0.6 is 0 Å². The van der Waals surface area contributed by atoms with Gasteiger partial charge in [-0.05, 0) is 30.0 Å². The van der Waals surface area contributed by atoms with E-state index in [2.05, 4.69) is 12.1 Å². The summed E-state index contributed by atoms with van der Waals surface area (Å²) in [6.45, 7) is 0. The topological polar surface area (TPSA) is 30.2 Å². The zero-order valence-electron chi connectivity index (χ0n) is 11.0. The molecule has 2 nitrogen and oxygen atoms in total. The van der Waals surface area contributed by atoms with Crippen LogP contribution in [0.25, 0.3) is 11.0 Å². The molecule has 1 aliphatic rings. The monoisotopic (exact) mass is 262 g/mol. The van der Waals surface area contributed by atoms with E-state index in [0.29, 0.717) is 11.7 Å². The van der Waals surface area contributed by atoms with Gasteiger partial charge >= 0.3 is 0 Å². The fourth-order valence-electron chi connectivity index (χ4n) is 2.84. The molecule has 0 amide bonds. The number of furan rings is 1. The molecule has 1 aliphatic carbocycles. The zero-order valence-corrected chi connectivity index (χ0v) is 11.0. The summed E-state index contributed by atoms with van der Waals surface area (Å²) in [5, 5.41) is 0.993. The molecule has 0 saturated heterocycles. The van der Waals surface area contributed by atoms with Crippen molar-refractivity contribution in [3.05, 3.63) is 72.0 Å². The van der Waals surface area contributed by atoms with E-state index in [0.717, 1.165) is 17.4 Å². The molecule has 2 unspecified atom stereocenters. The van der Waals surface area contributed by atoms with Gasteiger partial charge in [0.15, 0.2) is 5.76 Å². The summed E-state index contributed by atoms with van der Waals surface area (Å²) in [6.07, 6.45) is 0.930. The van der Waals surface area contributed by atoms with Gasteiger partial charge in [0.1, 0.15) is 5.58 Å². The molecule has 3 aromatic rings. The Balaban J connectivity index is 1.60. The SMILES string of the molecule is O=C(c1cc2ccccc2o1)C1CC1c1ccccc1. The molecule has 2 atom stereocenters. The maximum Gasteiger partial charge on any atom is 0.201 e. The van der Waals surface area contributed by atoms with E-state index in [4.69, 9.17) is 4.42 Å². The van der Waals surface area contributed by atoms with Crippen molar-refractivity contribution < 1.29 is 9.21 Å². The largest absolute Gasteiger partial charge is 0.453 e. The van der Waals surface area contributed by atoms with Gasteiger partial charge in [0.2, 0.25) is 5.78 Å². The minimum Gasteiger partial charge on any atom is -0.453 e. The third-order valence-corrected chi connectivity index (χ3v) is 4.02. The Hall–Kier alpha value is -2.35. The summed E-state index contributed by atoms with van der Waals surface area (Å²) in [4.78, 5) is 12.5. The molecule has 2 aromatic carbocycles. The van der Waals surface area contributed by atoms with Gasteiger partial charge in [0.25, 0.3) is 0 Å². The van der Waals surface area contributed by atoms with Crippen LogP contribution in [0, 0.1) is 5.92 Å². The Morgan fingerprint density at radius 2 is 1.75 bits per heavy atom. The molecule has 0 N–H and O–H groups in total. The minimum absolute atomic E-state index is 0.0814. The smallest absolute Gasteiger partial charge is 0.201 e. The van der Waals surface area contributed by atoms with Gasteiger partial charge in [-0.1, -0.05) is 48.5 Å². The molecule has 0 aliphatic heterocycles. The van der Waals surface area contributed by atoms with E-state index in [1.807, 2.05) is 48.5 Å². The van der Waals surface area contributed by atoms with E-state index < -0.39 is 0 Å². The number of hydrogen-bond acceptors (Lipinski definition) is 2. The number of para-hydroxylation sites is 1. The van der Waals surface area contributed by atoms with Crippen molar-refractivity contribution in [2.45, 2.75) is 12.3 Å². The zero-order chi connectivity index (χ0) is 13.5. The maximum atomic E-state index is 12.5. The molecule has 0 radical (unpaired) electrons. The lowest BCUT2D eigenvalue weighted by atomic mass is 10.1. The molecule has 1 aromatic heterocycles. The number of carbonyl (C=O) groups excluding carboxylic acids is 1. The van der Waals surface area contributed by atoms with Gasteiger partial charge in [-0.3, -0.25) is 4.79 Å². The van der Waals surface area contributed by atoms with Crippen LogP contribution in [-0.2, 0) is 0 Å². The van der Waals surface area contributed by atoms with Crippen LogP contribution in [0.1, 0.15) is 28.5 Å². The van der Waals surface area contributed by atoms with Crippen molar-refractivity contribution in [2.24, 2.45) is 5.92 Å². The highest BCUT2D eigenvalue weighted by Gasteiger charge is 2.45. The molecule has 0 bridgehead atoms. The summed E-state index contributed by atoms with van der Waals surface area (Å²) < 4.78 is 5.67. The highest BCUT2D eigenvalue weighted by atomic mass is 16.3. The number of Topliss-reactive ketones (excluding diaryl/α,β-unsaturated/α-hetero) is 1. The van der Waals surface area contributed by atoms with Crippen LogP contribution in [-0.4, -0.2) is 5.78 Å². The molecule has 4 rings (SSSR count). The predicted molar refractivity (Wildman–Crippen MR) is 77.8 cm³/mol. The number of fused-ring (bicyclic) bond motifs is 1. The van der Waals surface area contributed by atoms with E-state index in [1.165, 1.54) is 5.56 Å². The molecular weight excluding hydrogens is 248 g/mol. The lowest BCUT2D eigenvalue weighted by Gasteiger charge is -1.98. The maximum absolute atomic E-state index is 12.5. The van der Waals surface area contributed by atoms with Gasteiger partial charge in [-0.15, -0.1) is 0 Å². The van der Waals surface area contributed by atoms with E-state index in [9.17, 15) is 4.79 Å². The lowest BCUT2D eigenvalue weighted by molar-refractivity contribution is 0.0940. The Morgan fingerprint density at radius 1 is 1.00 bits per heavy atom. The van der Waals surface area contributed by atoms with Crippen molar-refractivity contribution in [3.63, 3.8) is 0 Å². The van der Waals surface area contributed by atoms with Gasteiger partial charge < -0.3 is 4.42 Å². The van der Waals surface area contributed by atoms with Gasteiger partial charge in [0.05, 0.1) is 0 Å². The van der Waals surface area contributed by atoms with Crippen molar-refractivity contribution in [1.82, 2.24) is 0 Å². The van der Waals surface area contributed by atoms with Crippen molar-refractivity contribution in [3.8, 4) is 0 Å². The summed E-state index contributed by atoms with van der Waals surface area (Å²) in [5.74, 6) is 1.07. The van der Waals surface area contributed by atoms with Crippen molar-refractivity contribution >= 4 is 16.8 Å². The standard InChI is InChI=1S/C18H14O2/c19-18(15-11-14(15)12-6-2-1-3-7-12)17-10-13-8-4-5-9-16(13)20-17/h1-10,14-15H,11H2. The first-order valence-corrected chi connectivity index (χ1v) is 6.90. The second-order valence-corrected chi connectivity index (χ2v) is 5.37. The first kappa shape index (κ1) is 11.5. The van der Waals surface area contributed by atoms with Crippen LogP contribution in [0.5, 0.6) is 0 Å². The van der Waals surface area contributed by atoms with Crippen LogP contribution < -0.4 is 0 Å². The summed E-state index contributed by atoms with van der Waals surface area (Å²) in [5.41, 5.74) is 2.04. The normalized spacial score (nSPS) is 21.0. The Bertz CT molecular complexity index is 737. The first-order chi connectivity index (χ1) is 9.83. The van der Waals surface area contributed by atoms with Crippen LogP contribution in [0.4, 0.5) is 0 Å². The van der Waals surface area contributed by atoms with E-state index in [1.54, 1.807) is 0 Å². The average Bonchev–Trinajstić information content (AvgIpc) is 3.18. The van der Waals surface area contributed by atoms with Crippen molar-refractivity contribution in [2.75, 3.05) is 0 Å². The Kier molecular flexibility index (Phi) is 2.49. The highest BCUT2D eigenvalue weighted by Crippen LogP contribution is 2.49. The highest BCUT2D eigenvalue weighted by molar-refractivity contribution is 6.01. The van der Waals surface area contributed by atoms with Crippen LogP contribution in [0.3, 0.4) is 0 Å². The number of carbonyl (C=O) groups is 1. The Labute approximate surface area is 117 Å². The fourth-order valence-corrected chi connectivity index (χ4v) is 2.84. The summed E-state index contributed by atoms with van der Waals surface area (Å²) in [7, 11) is 0. The van der Waals surface area contributed by atoms with E-state index >= 15 is 0 Å². The van der Waals surface area contributed by atoms with Gasteiger partial charge in [-0.25, -0.2) is 0 Å². The second kappa shape index (κ2) is 4.34. The summed E-state index contributed by atoms with van der Waals surface area (Å²) >= 11 is 0. The van der Waals surface area contributed by atoms with Crippen molar-refractivity contribution in [1.29, 1.82) is 0 Å². The molecule has 20 heavy (non-hydrogen) atoms. The minimum atomic E-state index is 0.0814. The molecule has 0 spiro atoms. The first-order valence-electron chi connectivity index (χ1n) is 6.90. The lowest BCUT2D eigenvalue weighted by Crippen LogP contribution is -2.01. The molecule has 2 heteroatoms. The number of hydrogen-bond donors (Lipinski definition) is 0. The number of rotatable bonds is 3. The third-order valence-electron chi connectivity index (χ3n) is 4.02. The quantitative estimate of drug-likeness (QED) is 0.654. The average molecular weight is 262 g/mol. The molecular formula is C18H14O2. The third kappa shape index (κ3) is 1.85. The molecule has 1 saturated carbocycles. The van der Waals surface area contributed by atoms with Crippen LogP contribution in [0.2, 0.25) is 0 Å². The molecule has 1 heterocycles. The molecule has 1 fully saturated rings. The Morgan fingerprint density at radius 3 is 2.55 bits per heavy atom.